The summed E-state index contributed by atoms with van der Waals surface area (Å²) >= 11 is 3.75. The fourth-order valence-corrected chi connectivity index (χ4v) is 3.66. The van der Waals surface area contributed by atoms with Crippen LogP contribution in [-0.2, 0) is 19.5 Å². The molecule has 0 aromatic carbocycles. The summed E-state index contributed by atoms with van der Waals surface area (Å²) in [6, 6.07) is 0.747. The van der Waals surface area contributed by atoms with E-state index < -0.39 is 0 Å². The second-order valence-corrected chi connectivity index (χ2v) is 6.64. The highest BCUT2D eigenvalue weighted by atomic mass is 79.9. The molecule has 0 unspecified atom stereocenters. The summed E-state index contributed by atoms with van der Waals surface area (Å²) < 4.78 is 3.37. The molecule has 20 heavy (non-hydrogen) atoms. The monoisotopic (exact) mass is 342 g/mol. The molecule has 0 spiro atoms. The van der Waals surface area contributed by atoms with Gasteiger partial charge in [-0.05, 0) is 56.2 Å². The molecule has 0 bridgehead atoms. The van der Waals surface area contributed by atoms with E-state index in [1.165, 1.54) is 41.8 Å². The van der Waals surface area contributed by atoms with Gasteiger partial charge in [-0.2, -0.15) is 5.10 Å². The van der Waals surface area contributed by atoms with E-state index in [4.69, 9.17) is 5.10 Å². The second kappa shape index (κ2) is 7.05. The topological polar surface area (TPSA) is 24.3 Å². The number of rotatable bonds is 5. The van der Waals surface area contributed by atoms with Crippen molar-refractivity contribution in [2.24, 2.45) is 0 Å². The zero-order valence-electron chi connectivity index (χ0n) is 13.2. The van der Waals surface area contributed by atoms with Crippen molar-refractivity contribution in [2.75, 3.05) is 27.2 Å². The van der Waals surface area contributed by atoms with Gasteiger partial charge in [0.2, 0.25) is 0 Å². The number of hydrogen-bond donors (Lipinski definition) is 0. The van der Waals surface area contributed by atoms with E-state index in [9.17, 15) is 0 Å². The van der Waals surface area contributed by atoms with Gasteiger partial charge < -0.3 is 4.90 Å². The van der Waals surface area contributed by atoms with Gasteiger partial charge in [-0.25, -0.2) is 0 Å². The summed E-state index contributed by atoms with van der Waals surface area (Å²) in [5, 5.41) is 4.69. The zero-order valence-corrected chi connectivity index (χ0v) is 14.8. The Hall–Kier alpha value is -0.390. The lowest BCUT2D eigenvalue weighted by Gasteiger charge is -2.35. The molecular formula is C15H27BrN4. The molecule has 0 radical (unpaired) electrons. The molecule has 0 atom stereocenters. The Kier molecular flexibility index (Phi) is 5.64. The Labute approximate surface area is 131 Å². The average molecular weight is 343 g/mol. The van der Waals surface area contributed by atoms with Crippen LogP contribution in [0.25, 0.3) is 0 Å². The van der Waals surface area contributed by atoms with E-state index in [0.29, 0.717) is 0 Å². The molecule has 1 fully saturated rings. The van der Waals surface area contributed by atoms with Gasteiger partial charge >= 0.3 is 0 Å². The van der Waals surface area contributed by atoms with Crippen LogP contribution in [0, 0.1) is 0 Å². The number of piperidine rings is 1. The standard InChI is InChI=1S/C15H27BrN4/c1-5-13-15(16)14(20(6-2)17-13)11-19-9-7-12(8-10-19)18(3)4/h12H,5-11H2,1-4H3. The molecule has 2 rings (SSSR count). The molecule has 5 heteroatoms. The lowest BCUT2D eigenvalue weighted by molar-refractivity contribution is 0.137. The molecule has 1 aromatic heterocycles. The number of aromatic nitrogens is 2. The summed E-state index contributed by atoms with van der Waals surface area (Å²) in [4.78, 5) is 4.92. The van der Waals surface area contributed by atoms with Crippen LogP contribution < -0.4 is 0 Å². The van der Waals surface area contributed by atoms with Gasteiger partial charge in [-0.3, -0.25) is 9.58 Å². The molecular weight excluding hydrogens is 316 g/mol. The Morgan fingerprint density at radius 2 is 1.90 bits per heavy atom. The maximum atomic E-state index is 4.69. The van der Waals surface area contributed by atoms with Crippen molar-refractivity contribution in [1.29, 1.82) is 0 Å². The van der Waals surface area contributed by atoms with Crippen LogP contribution in [0.5, 0.6) is 0 Å². The molecule has 0 aliphatic carbocycles. The first-order valence-corrected chi connectivity index (χ1v) is 8.48. The zero-order chi connectivity index (χ0) is 14.7. The fourth-order valence-electron chi connectivity index (χ4n) is 2.97. The highest BCUT2D eigenvalue weighted by Crippen LogP contribution is 2.25. The normalized spacial score (nSPS) is 18.1. The maximum absolute atomic E-state index is 4.69. The lowest BCUT2D eigenvalue weighted by atomic mass is 10.0. The van der Waals surface area contributed by atoms with Gasteiger partial charge in [0.25, 0.3) is 0 Å². The van der Waals surface area contributed by atoms with Crippen molar-refractivity contribution in [1.82, 2.24) is 19.6 Å². The Morgan fingerprint density at radius 1 is 1.25 bits per heavy atom. The van der Waals surface area contributed by atoms with Crippen molar-refractivity contribution in [3.8, 4) is 0 Å². The Morgan fingerprint density at radius 3 is 2.40 bits per heavy atom. The van der Waals surface area contributed by atoms with Crippen molar-refractivity contribution in [3.05, 3.63) is 15.9 Å². The predicted molar refractivity (Wildman–Crippen MR) is 87.0 cm³/mol. The van der Waals surface area contributed by atoms with Gasteiger partial charge in [0.05, 0.1) is 15.9 Å². The van der Waals surface area contributed by atoms with Gasteiger partial charge in [0.1, 0.15) is 0 Å². The fraction of sp³-hybridized carbons (Fsp3) is 0.800. The summed E-state index contributed by atoms with van der Waals surface area (Å²) in [7, 11) is 4.38. The summed E-state index contributed by atoms with van der Waals surface area (Å²) in [5.74, 6) is 0. The lowest BCUT2D eigenvalue weighted by Crippen LogP contribution is -2.41. The van der Waals surface area contributed by atoms with Crippen LogP contribution in [0.4, 0.5) is 0 Å². The molecule has 1 aliphatic rings. The number of hydrogen-bond acceptors (Lipinski definition) is 3. The van der Waals surface area contributed by atoms with Crippen LogP contribution in [0.3, 0.4) is 0 Å². The number of likely N-dealkylation sites (tertiary alicyclic amines) is 1. The third-order valence-corrected chi connectivity index (χ3v) is 5.27. The summed E-state index contributed by atoms with van der Waals surface area (Å²) in [6.07, 6.45) is 3.53. The minimum atomic E-state index is 0.747. The van der Waals surface area contributed by atoms with E-state index in [1.807, 2.05) is 0 Å². The smallest absolute Gasteiger partial charge is 0.0767 e. The molecule has 1 saturated heterocycles. The predicted octanol–water partition coefficient (Wildman–Crippen LogP) is 2.75. The van der Waals surface area contributed by atoms with Crippen molar-refractivity contribution < 1.29 is 0 Å². The minimum absolute atomic E-state index is 0.747. The summed E-state index contributed by atoms with van der Waals surface area (Å²) in [5.41, 5.74) is 2.53. The highest BCUT2D eigenvalue weighted by molar-refractivity contribution is 9.10. The number of aryl methyl sites for hydroxylation is 2. The Balaban J connectivity index is 2.02. The van der Waals surface area contributed by atoms with Crippen molar-refractivity contribution in [3.63, 3.8) is 0 Å². The van der Waals surface area contributed by atoms with Crippen LogP contribution >= 0.6 is 15.9 Å². The largest absolute Gasteiger partial charge is 0.306 e. The van der Waals surface area contributed by atoms with Crippen LogP contribution in [-0.4, -0.2) is 52.8 Å². The molecule has 0 saturated carbocycles. The minimum Gasteiger partial charge on any atom is -0.306 e. The molecule has 0 N–H and O–H groups in total. The average Bonchev–Trinajstić information content (AvgIpc) is 2.76. The first kappa shape index (κ1) is 16.0. The van der Waals surface area contributed by atoms with E-state index in [2.05, 4.69) is 58.4 Å². The van der Waals surface area contributed by atoms with Crippen LogP contribution in [0.2, 0.25) is 0 Å². The summed E-state index contributed by atoms with van der Waals surface area (Å²) in [6.45, 7) is 8.67. The van der Waals surface area contributed by atoms with Gasteiger partial charge in [-0.1, -0.05) is 6.92 Å². The second-order valence-electron chi connectivity index (χ2n) is 5.85. The maximum Gasteiger partial charge on any atom is 0.0767 e. The van der Waals surface area contributed by atoms with Crippen molar-refractivity contribution in [2.45, 2.75) is 52.2 Å². The third-order valence-electron chi connectivity index (χ3n) is 4.35. The first-order valence-electron chi connectivity index (χ1n) is 7.69. The van der Waals surface area contributed by atoms with Gasteiger partial charge in [-0.15, -0.1) is 0 Å². The molecule has 114 valence electrons. The Bertz CT molecular complexity index is 433. The molecule has 1 aromatic rings. The number of nitrogens with zero attached hydrogens (tertiary/aromatic N) is 4. The van der Waals surface area contributed by atoms with E-state index in [1.54, 1.807) is 0 Å². The van der Waals surface area contributed by atoms with E-state index in [-0.39, 0.29) is 0 Å². The van der Waals surface area contributed by atoms with Gasteiger partial charge in [0, 0.05) is 32.2 Å². The van der Waals surface area contributed by atoms with Gasteiger partial charge in [0.15, 0.2) is 0 Å². The van der Waals surface area contributed by atoms with Crippen LogP contribution in [0.1, 0.15) is 38.1 Å². The molecule has 2 heterocycles. The molecule has 0 amide bonds. The van der Waals surface area contributed by atoms with Crippen molar-refractivity contribution >= 4 is 15.9 Å². The van der Waals surface area contributed by atoms with Crippen LogP contribution in [0.15, 0.2) is 4.47 Å². The van der Waals surface area contributed by atoms with E-state index >= 15 is 0 Å². The molecule has 1 aliphatic heterocycles. The quantitative estimate of drug-likeness (QED) is 0.822. The molecule has 4 nitrogen and oxygen atoms in total. The third kappa shape index (κ3) is 3.43. The van der Waals surface area contributed by atoms with E-state index in [0.717, 1.165) is 25.6 Å². The first-order chi connectivity index (χ1) is 9.56. The highest BCUT2D eigenvalue weighted by Gasteiger charge is 2.23. The SMILES string of the molecule is CCc1nn(CC)c(CN2CCC(N(C)C)CC2)c1Br. The number of halogens is 1.